The topological polar surface area (TPSA) is 34.1 Å². The van der Waals surface area contributed by atoms with Crippen LogP contribution in [0.4, 0.5) is 0 Å². The van der Waals surface area contributed by atoms with Gasteiger partial charge < -0.3 is 0 Å². The normalized spacial score (nSPS) is 13.0. The third kappa shape index (κ3) is 4.29. The lowest BCUT2D eigenvalue weighted by Crippen LogP contribution is -2.29. The largest absolute Gasteiger partial charge is 0.299 e. The fourth-order valence-electron chi connectivity index (χ4n) is 2.94. The van der Waals surface area contributed by atoms with Crippen molar-refractivity contribution in [3.8, 4) is 0 Å². The van der Waals surface area contributed by atoms with Crippen LogP contribution in [0.2, 0.25) is 0 Å². The smallest absolute Gasteiger partial charge is 0.174 e. The zero-order chi connectivity index (χ0) is 17.4. The fourth-order valence-corrected chi connectivity index (χ4v) is 2.94. The molecule has 0 saturated carbocycles. The first-order valence-electron chi connectivity index (χ1n) is 8.48. The van der Waals surface area contributed by atoms with Gasteiger partial charge in [-0.1, -0.05) is 80.1 Å². The summed E-state index contributed by atoms with van der Waals surface area (Å²) in [6.07, 6.45) is 3.89. The first kappa shape index (κ1) is 17.9. The van der Waals surface area contributed by atoms with Crippen LogP contribution in [0, 0.1) is 5.92 Å². The summed E-state index contributed by atoms with van der Waals surface area (Å²) in [5.74, 6) is -1.13. The Morgan fingerprint density at radius 2 is 1.58 bits per heavy atom. The second-order valence-corrected chi connectivity index (χ2v) is 5.95. The van der Waals surface area contributed by atoms with Gasteiger partial charge in [-0.2, -0.15) is 0 Å². The number of allylic oxidation sites excluding steroid dienone is 1. The minimum atomic E-state index is -0.709. The Bertz CT molecular complexity index is 674. The van der Waals surface area contributed by atoms with E-state index in [1.165, 1.54) is 0 Å². The van der Waals surface area contributed by atoms with E-state index >= 15 is 0 Å². The Hall–Kier alpha value is -2.48. The number of hydrogen-bond acceptors (Lipinski definition) is 2. The summed E-state index contributed by atoms with van der Waals surface area (Å²) in [6.45, 7) is 5.94. The minimum absolute atomic E-state index is 0.000504. The van der Waals surface area contributed by atoms with Gasteiger partial charge in [0.1, 0.15) is 5.78 Å². The molecular weight excluding hydrogens is 296 g/mol. The second-order valence-electron chi connectivity index (χ2n) is 5.95. The van der Waals surface area contributed by atoms with Crippen molar-refractivity contribution < 1.29 is 9.59 Å². The number of benzene rings is 2. The molecule has 0 radical (unpaired) electrons. The standard InChI is InChI=1S/C22H24O2/c1-3-5-16-20(23)21(22(24)18-14-10-7-11-15-18)19(4-2)17-12-8-6-9-13-17/h4,6-15,19,21H,2-3,5,16H2,1H3/t19-,21+/m1/s1. The van der Waals surface area contributed by atoms with E-state index in [0.29, 0.717) is 12.0 Å². The first-order valence-corrected chi connectivity index (χ1v) is 8.48. The lowest BCUT2D eigenvalue weighted by Gasteiger charge is -2.23. The molecule has 0 amide bonds. The van der Waals surface area contributed by atoms with E-state index in [9.17, 15) is 9.59 Å². The van der Waals surface area contributed by atoms with Crippen molar-refractivity contribution in [2.45, 2.75) is 32.1 Å². The zero-order valence-corrected chi connectivity index (χ0v) is 14.2. The molecule has 2 aromatic carbocycles. The second kappa shape index (κ2) is 8.97. The number of rotatable bonds is 9. The fraction of sp³-hybridized carbons (Fsp3) is 0.273. The summed E-state index contributed by atoms with van der Waals surface area (Å²) in [6, 6.07) is 18.7. The van der Waals surface area contributed by atoms with E-state index in [4.69, 9.17) is 0 Å². The summed E-state index contributed by atoms with van der Waals surface area (Å²) < 4.78 is 0. The summed E-state index contributed by atoms with van der Waals surface area (Å²) in [4.78, 5) is 25.9. The highest BCUT2D eigenvalue weighted by Crippen LogP contribution is 2.31. The molecule has 0 bridgehead atoms. The maximum atomic E-state index is 13.1. The number of carbonyl (C=O) groups is 2. The van der Waals surface area contributed by atoms with Gasteiger partial charge in [0, 0.05) is 17.9 Å². The van der Waals surface area contributed by atoms with Gasteiger partial charge in [-0.05, 0) is 12.0 Å². The Morgan fingerprint density at radius 1 is 1.00 bits per heavy atom. The Morgan fingerprint density at radius 3 is 2.12 bits per heavy atom. The van der Waals surface area contributed by atoms with Gasteiger partial charge in [0.05, 0.1) is 5.92 Å². The van der Waals surface area contributed by atoms with E-state index in [1.54, 1.807) is 18.2 Å². The first-order chi connectivity index (χ1) is 11.7. The molecule has 0 saturated heterocycles. The number of unbranched alkanes of at least 4 members (excludes halogenated alkanes) is 1. The van der Waals surface area contributed by atoms with E-state index < -0.39 is 5.92 Å². The van der Waals surface area contributed by atoms with Crippen LogP contribution in [0.25, 0.3) is 0 Å². The predicted molar refractivity (Wildman–Crippen MR) is 98.2 cm³/mol. The molecule has 0 heterocycles. The molecule has 124 valence electrons. The van der Waals surface area contributed by atoms with Gasteiger partial charge in [-0.15, -0.1) is 6.58 Å². The highest BCUT2D eigenvalue weighted by molar-refractivity contribution is 6.11. The van der Waals surface area contributed by atoms with Gasteiger partial charge in [0.15, 0.2) is 5.78 Å². The Kier molecular flexibility index (Phi) is 6.68. The lowest BCUT2D eigenvalue weighted by molar-refractivity contribution is -0.121. The average molecular weight is 320 g/mol. The monoisotopic (exact) mass is 320 g/mol. The summed E-state index contributed by atoms with van der Waals surface area (Å²) in [5.41, 5.74) is 1.53. The molecule has 2 atom stereocenters. The van der Waals surface area contributed by atoms with Gasteiger partial charge >= 0.3 is 0 Å². The predicted octanol–water partition coefficient (Wildman–Crippen LogP) is 5.21. The molecule has 0 aliphatic carbocycles. The SMILES string of the molecule is C=C[C@H](c1ccccc1)[C@@H](C(=O)CCCC)C(=O)c1ccccc1. The summed E-state index contributed by atoms with van der Waals surface area (Å²) in [5, 5.41) is 0. The lowest BCUT2D eigenvalue weighted by atomic mass is 9.77. The minimum Gasteiger partial charge on any atom is -0.299 e. The van der Waals surface area contributed by atoms with Crippen molar-refractivity contribution in [3.05, 3.63) is 84.4 Å². The van der Waals surface area contributed by atoms with Gasteiger partial charge in [-0.3, -0.25) is 9.59 Å². The van der Waals surface area contributed by atoms with Crippen molar-refractivity contribution >= 4 is 11.6 Å². The molecule has 2 nitrogen and oxygen atoms in total. The van der Waals surface area contributed by atoms with Crippen LogP contribution in [0.15, 0.2) is 73.3 Å². The van der Waals surface area contributed by atoms with Crippen LogP contribution in [0.3, 0.4) is 0 Å². The van der Waals surface area contributed by atoms with Gasteiger partial charge in [0.25, 0.3) is 0 Å². The molecule has 0 aromatic heterocycles. The molecule has 0 aliphatic rings. The van der Waals surface area contributed by atoms with E-state index in [0.717, 1.165) is 18.4 Å². The van der Waals surface area contributed by atoms with Crippen LogP contribution < -0.4 is 0 Å². The van der Waals surface area contributed by atoms with Gasteiger partial charge in [0.2, 0.25) is 0 Å². The number of hydrogen-bond donors (Lipinski definition) is 0. The Balaban J connectivity index is 2.40. The van der Waals surface area contributed by atoms with E-state index in [1.807, 2.05) is 55.5 Å². The third-order valence-corrected chi connectivity index (χ3v) is 4.26. The molecule has 0 fully saturated rings. The molecule has 2 rings (SSSR count). The molecule has 2 heteroatoms. The highest BCUT2D eigenvalue weighted by Gasteiger charge is 2.33. The molecule has 2 aromatic rings. The van der Waals surface area contributed by atoms with Crippen molar-refractivity contribution in [2.75, 3.05) is 0 Å². The van der Waals surface area contributed by atoms with Crippen molar-refractivity contribution in [2.24, 2.45) is 5.92 Å². The maximum Gasteiger partial charge on any atom is 0.174 e. The number of carbonyl (C=O) groups excluding carboxylic acids is 2. The molecular formula is C22H24O2. The molecule has 0 aliphatic heterocycles. The van der Waals surface area contributed by atoms with Crippen LogP contribution in [0.1, 0.15) is 48.0 Å². The van der Waals surface area contributed by atoms with Crippen LogP contribution >= 0.6 is 0 Å². The number of Topliss-reactive ketones (excluding diaryl/α,β-unsaturated/α-hetero) is 2. The van der Waals surface area contributed by atoms with Crippen molar-refractivity contribution in [1.29, 1.82) is 0 Å². The Labute approximate surface area is 144 Å². The molecule has 24 heavy (non-hydrogen) atoms. The average Bonchev–Trinajstić information content (AvgIpc) is 2.65. The van der Waals surface area contributed by atoms with Crippen LogP contribution in [0.5, 0.6) is 0 Å². The van der Waals surface area contributed by atoms with Crippen LogP contribution in [-0.2, 0) is 4.79 Å². The maximum absolute atomic E-state index is 13.1. The van der Waals surface area contributed by atoms with Crippen LogP contribution in [-0.4, -0.2) is 11.6 Å². The van der Waals surface area contributed by atoms with E-state index in [-0.39, 0.29) is 17.5 Å². The molecule has 0 N–H and O–H groups in total. The quantitative estimate of drug-likeness (QED) is 0.361. The molecule has 0 unspecified atom stereocenters. The zero-order valence-electron chi connectivity index (χ0n) is 14.2. The van der Waals surface area contributed by atoms with Crippen molar-refractivity contribution in [1.82, 2.24) is 0 Å². The molecule has 0 spiro atoms. The van der Waals surface area contributed by atoms with Crippen molar-refractivity contribution in [3.63, 3.8) is 0 Å². The summed E-state index contributed by atoms with van der Waals surface area (Å²) in [7, 11) is 0. The number of ketones is 2. The highest BCUT2D eigenvalue weighted by atomic mass is 16.1. The van der Waals surface area contributed by atoms with E-state index in [2.05, 4.69) is 6.58 Å². The summed E-state index contributed by atoms with van der Waals surface area (Å²) >= 11 is 0. The third-order valence-electron chi connectivity index (χ3n) is 4.26. The van der Waals surface area contributed by atoms with Gasteiger partial charge in [-0.25, -0.2) is 0 Å².